The molecule has 18 heavy (non-hydrogen) atoms. The van der Waals surface area contributed by atoms with Crippen molar-refractivity contribution >= 4 is 5.82 Å². The van der Waals surface area contributed by atoms with Gasteiger partial charge in [0.1, 0.15) is 5.82 Å². The van der Waals surface area contributed by atoms with Crippen LogP contribution < -0.4 is 5.73 Å². The van der Waals surface area contributed by atoms with Crippen LogP contribution in [0.2, 0.25) is 0 Å². The van der Waals surface area contributed by atoms with Crippen molar-refractivity contribution in [3.8, 4) is 6.07 Å². The lowest BCUT2D eigenvalue weighted by atomic mass is 10.1. The molecule has 4 nitrogen and oxygen atoms in total. The third kappa shape index (κ3) is 2.89. The summed E-state index contributed by atoms with van der Waals surface area (Å²) in [4.78, 5) is 0. The third-order valence-electron chi connectivity index (χ3n) is 2.91. The number of benzene rings is 1. The summed E-state index contributed by atoms with van der Waals surface area (Å²) in [6.07, 6.45) is 4.00. The van der Waals surface area contributed by atoms with Crippen molar-refractivity contribution in [3.05, 3.63) is 47.7 Å². The topological polar surface area (TPSA) is 67.6 Å². The molecule has 0 radical (unpaired) electrons. The Morgan fingerprint density at radius 2 is 2.06 bits per heavy atom. The van der Waals surface area contributed by atoms with E-state index in [1.807, 2.05) is 18.2 Å². The summed E-state index contributed by atoms with van der Waals surface area (Å²) in [5.74, 6) is 0.615. The molecule has 1 aromatic heterocycles. The van der Waals surface area contributed by atoms with Gasteiger partial charge in [-0.2, -0.15) is 10.4 Å². The second-order valence-corrected chi connectivity index (χ2v) is 4.20. The highest BCUT2D eigenvalue weighted by Gasteiger charge is 2.06. The van der Waals surface area contributed by atoms with Gasteiger partial charge >= 0.3 is 0 Å². The van der Waals surface area contributed by atoms with E-state index in [-0.39, 0.29) is 0 Å². The van der Waals surface area contributed by atoms with Crippen LogP contribution in [0.5, 0.6) is 0 Å². The Hall–Kier alpha value is -2.28. The van der Waals surface area contributed by atoms with Gasteiger partial charge in [-0.25, -0.2) is 4.68 Å². The maximum absolute atomic E-state index is 8.64. The van der Waals surface area contributed by atoms with Crippen LogP contribution in [0.15, 0.2) is 36.5 Å². The van der Waals surface area contributed by atoms with Crippen LogP contribution in [-0.2, 0) is 19.4 Å². The van der Waals surface area contributed by atoms with E-state index in [1.165, 1.54) is 5.56 Å². The van der Waals surface area contributed by atoms with Crippen molar-refractivity contribution in [2.45, 2.75) is 25.8 Å². The summed E-state index contributed by atoms with van der Waals surface area (Å²) < 4.78 is 1.77. The number of hydrogen-bond donors (Lipinski definition) is 1. The van der Waals surface area contributed by atoms with Gasteiger partial charge < -0.3 is 5.73 Å². The summed E-state index contributed by atoms with van der Waals surface area (Å²) in [7, 11) is 0. The van der Waals surface area contributed by atoms with Crippen molar-refractivity contribution in [3.63, 3.8) is 0 Å². The van der Waals surface area contributed by atoms with Crippen molar-refractivity contribution in [1.29, 1.82) is 5.26 Å². The number of aromatic nitrogens is 2. The number of hydrogen-bond acceptors (Lipinski definition) is 3. The van der Waals surface area contributed by atoms with Gasteiger partial charge in [0.15, 0.2) is 0 Å². The molecule has 92 valence electrons. The number of anilines is 1. The quantitative estimate of drug-likeness (QED) is 0.870. The molecule has 0 atom stereocenters. The molecule has 0 amide bonds. The highest BCUT2D eigenvalue weighted by Crippen LogP contribution is 2.12. The molecule has 0 fully saturated rings. The van der Waals surface area contributed by atoms with E-state index >= 15 is 0 Å². The Bertz CT molecular complexity index is 537. The summed E-state index contributed by atoms with van der Waals surface area (Å²) in [6.45, 7) is 0.784. The zero-order valence-electron chi connectivity index (χ0n) is 10.2. The minimum absolute atomic E-state index is 0.324. The highest BCUT2D eigenvalue weighted by atomic mass is 15.3. The molecule has 2 rings (SSSR count). The van der Waals surface area contributed by atoms with E-state index in [0.29, 0.717) is 12.2 Å². The van der Waals surface area contributed by atoms with E-state index in [0.717, 1.165) is 24.9 Å². The van der Waals surface area contributed by atoms with Crippen molar-refractivity contribution < 1.29 is 0 Å². The van der Waals surface area contributed by atoms with Gasteiger partial charge in [0, 0.05) is 12.1 Å². The summed E-state index contributed by atoms with van der Waals surface area (Å²) >= 11 is 0. The number of nitriles is 1. The van der Waals surface area contributed by atoms with Gasteiger partial charge in [0.05, 0.1) is 18.7 Å². The van der Waals surface area contributed by atoms with Crippen LogP contribution >= 0.6 is 0 Å². The Morgan fingerprint density at radius 1 is 1.28 bits per heavy atom. The molecule has 0 spiro atoms. The zero-order valence-corrected chi connectivity index (χ0v) is 10.2. The second-order valence-electron chi connectivity index (χ2n) is 4.20. The smallest absolute Gasteiger partial charge is 0.125 e. The van der Waals surface area contributed by atoms with E-state index in [2.05, 4.69) is 23.3 Å². The fourth-order valence-electron chi connectivity index (χ4n) is 1.91. The van der Waals surface area contributed by atoms with Crippen molar-refractivity contribution in [1.82, 2.24) is 9.78 Å². The Kier molecular flexibility index (Phi) is 3.98. The maximum atomic E-state index is 8.64. The van der Waals surface area contributed by atoms with Crippen LogP contribution in [0.4, 0.5) is 5.82 Å². The molecule has 2 aromatic rings. The molecular weight excluding hydrogens is 224 g/mol. The molecule has 0 aliphatic heterocycles. The van der Waals surface area contributed by atoms with E-state index in [9.17, 15) is 0 Å². The summed E-state index contributed by atoms with van der Waals surface area (Å²) in [6, 6.07) is 12.4. The van der Waals surface area contributed by atoms with E-state index < -0.39 is 0 Å². The Morgan fingerprint density at radius 3 is 2.78 bits per heavy atom. The molecule has 0 bridgehead atoms. The Balaban J connectivity index is 1.89. The van der Waals surface area contributed by atoms with E-state index in [4.69, 9.17) is 11.0 Å². The Labute approximate surface area is 107 Å². The van der Waals surface area contributed by atoms with Crippen molar-refractivity contribution in [2.75, 3.05) is 5.73 Å². The number of aryl methyl sites for hydroxylation is 2. The van der Waals surface area contributed by atoms with Gasteiger partial charge in [0.25, 0.3) is 0 Å². The normalized spacial score (nSPS) is 10.2. The lowest BCUT2D eigenvalue weighted by Gasteiger charge is -2.05. The number of rotatable bonds is 5. The van der Waals surface area contributed by atoms with Crippen LogP contribution in [-0.4, -0.2) is 9.78 Å². The SMILES string of the molecule is N#CCc1cnn(CCCc2ccccc2)c1N. The molecular formula is C14H16N4. The van der Waals surface area contributed by atoms with E-state index in [1.54, 1.807) is 10.9 Å². The molecule has 0 aliphatic rings. The standard InChI is InChI=1S/C14H16N4/c15-9-8-13-11-17-18(14(13)16)10-4-7-12-5-2-1-3-6-12/h1-3,5-6,11H,4,7-8,10,16H2. The average molecular weight is 240 g/mol. The minimum Gasteiger partial charge on any atom is -0.384 e. The molecule has 0 saturated heterocycles. The zero-order chi connectivity index (χ0) is 12.8. The molecule has 1 aromatic carbocycles. The van der Waals surface area contributed by atoms with Gasteiger partial charge in [0.2, 0.25) is 0 Å². The first-order valence-electron chi connectivity index (χ1n) is 6.02. The highest BCUT2D eigenvalue weighted by molar-refractivity contribution is 5.40. The van der Waals surface area contributed by atoms with Gasteiger partial charge in [-0.1, -0.05) is 30.3 Å². The maximum Gasteiger partial charge on any atom is 0.125 e. The summed E-state index contributed by atoms with van der Waals surface area (Å²) in [5, 5.41) is 12.8. The number of nitrogen functional groups attached to an aromatic ring is 1. The predicted molar refractivity (Wildman–Crippen MR) is 70.7 cm³/mol. The first-order valence-corrected chi connectivity index (χ1v) is 6.02. The lowest BCUT2D eigenvalue weighted by molar-refractivity contribution is 0.586. The fraction of sp³-hybridized carbons (Fsp3) is 0.286. The number of nitrogens with zero attached hydrogens (tertiary/aromatic N) is 3. The summed E-state index contributed by atoms with van der Waals surface area (Å²) in [5.41, 5.74) is 8.05. The average Bonchev–Trinajstić information content (AvgIpc) is 2.73. The molecule has 0 unspecified atom stereocenters. The number of nitrogens with two attached hydrogens (primary N) is 1. The predicted octanol–water partition coefficient (Wildman–Crippen LogP) is 2.16. The molecule has 1 heterocycles. The molecule has 0 aliphatic carbocycles. The molecule has 4 heteroatoms. The van der Waals surface area contributed by atoms with Crippen LogP contribution in [0.1, 0.15) is 17.5 Å². The van der Waals surface area contributed by atoms with Crippen molar-refractivity contribution in [2.24, 2.45) is 0 Å². The van der Waals surface area contributed by atoms with Gasteiger partial charge in [-0.05, 0) is 18.4 Å². The first kappa shape index (κ1) is 12.2. The first-order chi connectivity index (χ1) is 8.81. The van der Waals surface area contributed by atoms with Crippen LogP contribution in [0, 0.1) is 11.3 Å². The molecule has 2 N–H and O–H groups in total. The van der Waals surface area contributed by atoms with Crippen LogP contribution in [0.3, 0.4) is 0 Å². The molecule has 0 saturated carbocycles. The largest absolute Gasteiger partial charge is 0.384 e. The minimum atomic E-state index is 0.324. The second kappa shape index (κ2) is 5.87. The monoisotopic (exact) mass is 240 g/mol. The third-order valence-corrected chi connectivity index (χ3v) is 2.91. The lowest BCUT2D eigenvalue weighted by Crippen LogP contribution is -2.06. The van der Waals surface area contributed by atoms with Gasteiger partial charge in [-0.3, -0.25) is 0 Å². The fourth-order valence-corrected chi connectivity index (χ4v) is 1.91. The van der Waals surface area contributed by atoms with Crippen LogP contribution in [0.25, 0.3) is 0 Å². The van der Waals surface area contributed by atoms with Gasteiger partial charge in [-0.15, -0.1) is 0 Å².